The van der Waals surface area contributed by atoms with Crippen molar-refractivity contribution in [3.63, 3.8) is 0 Å². The quantitative estimate of drug-likeness (QED) is 0.855. The zero-order chi connectivity index (χ0) is 16.9. The monoisotopic (exact) mass is 367 g/mol. The van der Waals surface area contributed by atoms with Crippen molar-refractivity contribution in [3.05, 3.63) is 29.3 Å². The third-order valence-corrected chi connectivity index (χ3v) is 4.83. The van der Waals surface area contributed by atoms with Gasteiger partial charge in [0, 0.05) is 30.3 Å². The van der Waals surface area contributed by atoms with Crippen LogP contribution in [0.15, 0.2) is 18.2 Å². The average molecular weight is 368 g/mol. The van der Waals surface area contributed by atoms with Crippen LogP contribution in [0, 0.1) is 12.8 Å². The third kappa shape index (κ3) is 4.71. The van der Waals surface area contributed by atoms with Gasteiger partial charge in [-0.2, -0.15) is 0 Å². The summed E-state index contributed by atoms with van der Waals surface area (Å²) in [4.78, 5) is 27.0. The van der Waals surface area contributed by atoms with E-state index in [0.717, 1.165) is 37.2 Å². The van der Waals surface area contributed by atoms with Crippen LogP contribution < -0.4 is 10.6 Å². The molecule has 0 spiro atoms. The predicted molar refractivity (Wildman–Crippen MR) is 99.4 cm³/mol. The van der Waals surface area contributed by atoms with Crippen molar-refractivity contribution in [1.29, 1.82) is 0 Å². The fourth-order valence-corrected chi connectivity index (χ4v) is 3.26. The molecule has 2 N–H and O–H groups in total. The highest BCUT2D eigenvalue weighted by Gasteiger charge is 2.24. The molecule has 0 saturated carbocycles. The minimum atomic E-state index is 0. The van der Waals surface area contributed by atoms with Gasteiger partial charge in [0.15, 0.2) is 0 Å². The zero-order valence-corrected chi connectivity index (χ0v) is 15.4. The second-order valence-electron chi connectivity index (χ2n) is 6.40. The molecule has 3 rings (SSSR count). The van der Waals surface area contributed by atoms with Crippen molar-refractivity contribution in [1.82, 2.24) is 10.2 Å². The van der Waals surface area contributed by atoms with Crippen molar-refractivity contribution in [2.45, 2.75) is 19.8 Å². The minimum Gasteiger partial charge on any atom is -0.378 e. The van der Waals surface area contributed by atoms with E-state index in [1.807, 2.05) is 30.0 Å². The SMILES string of the molecule is Cc1c(NC(=O)C2CCNCC2)cccc1C(=O)N1CCOCC1.Cl. The van der Waals surface area contributed by atoms with E-state index in [1.54, 1.807) is 0 Å². The number of hydrogen-bond donors (Lipinski definition) is 2. The molecule has 2 aliphatic rings. The van der Waals surface area contributed by atoms with Crippen LogP contribution in [0.3, 0.4) is 0 Å². The molecule has 25 heavy (non-hydrogen) atoms. The summed E-state index contributed by atoms with van der Waals surface area (Å²) in [6.45, 7) is 6.05. The smallest absolute Gasteiger partial charge is 0.254 e. The molecule has 0 unspecified atom stereocenters. The molecular weight excluding hydrogens is 342 g/mol. The summed E-state index contributed by atoms with van der Waals surface area (Å²) in [6.07, 6.45) is 1.72. The molecule has 0 bridgehead atoms. The van der Waals surface area contributed by atoms with Crippen LogP contribution in [0.25, 0.3) is 0 Å². The first-order chi connectivity index (χ1) is 11.7. The Kier molecular flexibility index (Phi) is 7.23. The molecule has 0 aromatic heterocycles. The van der Waals surface area contributed by atoms with Crippen molar-refractivity contribution >= 4 is 29.9 Å². The maximum atomic E-state index is 12.7. The van der Waals surface area contributed by atoms with Gasteiger partial charge >= 0.3 is 0 Å². The van der Waals surface area contributed by atoms with Crippen LogP contribution >= 0.6 is 12.4 Å². The van der Waals surface area contributed by atoms with E-state index in [2.05, 4.69) is 10.6 Å². The molecule has 1 aromatic carbocycles. The van der Waals surface area contributed by atoms with E-state index in [9.17, 15) is 9.59 Å². The predicted octanol–water partition coefficient (Wildman–Crippen LogP) is 1.83. The molecule has 138 valence electrons. The van der Waals surface area contributed by atoms with Gasteiger partial charge in [0.2, 0.25) is 5.91 Å². The lowest BCUT2D eigenvalue weighted by Crippen LogP contribution is -2.41. The highest BCUT2D eigenvalue weighted by Crippen LogP contribution is 2.23. The van der Waals surface area contributed by atoms with Gasteiger partial charge in [0.05, 0.1) is 13.2 Å². The molecular formula is C18H26ClN3O3. The molecule has 2 saturated heterocycles. The van der Waals surface area contributed by atoms with Gasteiger partial charge in [0.1, 0.15) is 0 Å². The Morgan fingerprint density at radius 3 is 2.56 bits per heavy atom. The normalized spacial score (nSPS) is 18.4. The van der Waals surface area contributed by atoms with Crippen molar-refractivity contribution in [2.24, 2.45) is 5.92 Å². The number of amides is 2. The molecule has 2 amide bonds. The topological polar surface area (TPSA) is 70.7 Å². The van der Waals surface area contributed by atoms with Crippen LogP contribution in [0.2, 0.25) is 0 Å². The summed E-state index contributed by atoms with van der Waals surface area (Å²) in [7, 11) is 0. The van der Waals surface area contributed by atoms with Crippen molar-refractivity contribution < 1.29 is 14.3 Å². The van der Waals surface area contributed by atoms with E-state index in [0.29, 0.717) is 31.9 Å². The lowest BCUT2D eigenvalue weighted by atomic mass is 9.96. The largest absolute Gasteiger partial charge is 0.378 e. The molecule has 6 nitrogen and oxygen atoms in total. The number of morpholine rings is 1. The third-order valence-electron chi connectivity index (χ3n) is 4.83. The number of carbonyl (C=O) groups is 2. The number of nitrogens with one attached hydrogen (secondary N) is 2. The minimum absolute atomic E-state index is 0. The second-order valence-corrected chi connectivity index (χ2v) is 6.40. The highest BCUT2D eigenvalue weighted by molar-refractivity contribution is 5.99. The Bertz CT molecular complexity index is 612. The molecule has 2 aliphatic heterocycles. The lowest BCUT2D eigenvalue weighted by molar-refractivity contribution is -0.120. The maximum Gasteiger partial charge on any atom is 0.254 e. The number of nitrogens with zero attached hydrogens (tertiary/aromatic N) is 1. The van der Waals surface area contributed by atoms with Crippen LogP contribution in [-0.4, -0.2) is 56.1 Å². The summed E-state index contributed by atoms with van der Waals surface area (Å²) < 4.78 is 5.30. The number of ether oxygens (including phenoxy) is 1. The average Bonchev–Trinajstić information content (AvgIpc) is 2.64. The number of hydrogen-bond acceptors (Lipinski definition) is 4. The fourth-order valence-electron chi connectivity index (χ4n) is 3.26. The Morgan fingerprint density at radius 1 is 1.20 bits per heavy atom. The molecule has 0 radical (unpaired) electrons. The summed E-state index contributed by atoms with van der Waals surface area (Å²) in [5.74, 6) is 0.105. The molecule has 2 heterocycles. The molecule has 0 aliphatic carbocycles. The first-order valence-corrected chi connectivity index (χ1v) is 8.65. The number of benzene rings is 1. The summed E-state index contributed by atoms with van der Waals surface area (Å²) >= 11 is 0. The van der Waals surface area contributed by atoms with Crippen molar-refractivity contribution in [3.8, 4) is 0 Å². The highest BCUT2D eigenvalue weighted by atomic mass is 35.5. The van der Waals surface area contributed by atoms with E-state index in [1.165, 1.54) is 0 Å². The lowest BCUT2D eigenvalue weighted by Gasteiger charge is -2.28. The van der Waals surface area contributed by atoms with Gasteiger partial charge in [-0.1, -0.05) is 6.07 Å². The van der Waals surface area contributed by atoms with Crippen LogP contribution in [0.5, 0.6) is 0 Å². The summed E-state index contributed by atoms with van der Waals surface area (Å²) in [5, 5.41) is 6.28. The number of carbonyl (C=O) groups excluding carboxylic acids is 2. The summed E-state index contributed by atoms with van der Waals surface area (Å²) in [5.41, 5.74) is 2.22. The fraction of sp³-hybridized carbons (Fsp3) is 0.556. The zero-order valence-electron chi connectivity index (χ0n) is 14.5. The van der Waals surface area contributed by atoms with E-state index in [-0.39, 0.29) is 30.1 Å². The van der Waals surface area contributed by atoms with Gasteiger partial charge < -0.3 is 20.3 Å². The number of piperidine rings is 1. The van der Waals surface area contributed by atoms with Gasteiger partial charge in [-0.15, -0.1) is 12.4 Å². The van der Waals surface area contributed by atoms with Gasteiger partial charge in [0.25, 0.3) is 5.91 Å². The second kappa shape index (κ2) is 9.17. The Hall–Kier alpha value is -1.63. The molecule has 2 fully saturated rings. The first kappa shape index (κ1) is 19.7. The Labute approximate surface area is 154 Å². The van der Waals surface area contributed by atoms with E-state index < -0.39 is 0 Å². The van der Waals surface area contributed by atoms with Crippen LogP contribution in [0.4, 0.5) is 5.69 Å². The number of rotatable bonds is 3. The number of anilines is 1. The Balaban J connectivity index is 0.00000225. The van der Waals surface area contributed by atoms with Gasteiger partial charge in [-0.05, 0) is 50.6 Å². The first-order valence-electron chi connectivity index (χ1n) is 8.65. The van der Waals surface area contributed by atoms with E-state index >= 15 is 0 Å². The van der Waals surface area contributed by atoms with Gasteiger partial charge in [-0.3, -0.25) is 9.59 Å². The Morgan fingerprint density at radius 2 is 1.88 bits per heavy atom. The van der Waals surface area contributed by atoms with Crippen LogP contribution in [0.1, 0.15) is 28.8 Å². The molecule has 1 aromatic rings. The molecule has 7 heteroatoms. The van der Waals surface area contributed by atoms with Crippen molar-refractivity contribution in [2.75, 3.05) is 44.7 Å². The van der Waals surface area contributed by atoms with E-state index in [4.69, 9.17) is 4.74 Å². The maximum absolute atomic E-state index is 12.7. The standard InChI is InChI=1S/C18H25N3O3.ClH/c1-13-15(18(23)21-9-11-24-12-10-21)3-2-4-16(13)20-17(22)14-5-7-19-8-6-14;/h2-4,14,19H,5-12H2,1H3,(H,20,22);1H. The molecule has 0 atom stereocenters. The summed E-state index contributed by atoms with van der Waals surface area (Å²) in [6, 6.07) is 5.52. The van der Waals surface area contributed by atoms with Gasteiger partial charge in [-0.25, -0.2) is 0 Å². The number of halogens is 1. The van der Waals surface area contributed by atoms with Crippen LogP contribution in [-0.2, 0) is 9.53 Å².